The van der Waals surface area contributed by atoms with Gasteiger partial charge in [-0.3, -0.25) is 19.3 Å². The summed E-state index contributed by atoms with van der Waals surface area (Å²) in [7, 11) is 0. The number of aromatic hydroxyl groups is 1. The highest BCUT2D eigenvalue weighted by Gasteiger charge is 2.36. The van der Waals surface area contributed by atoms with Crippen molar-refractivity contribution in [2.75, 3.05) is 11.9 Å². The van der Waals surface area contributed by atoms with Gasteiger partial charge in [-0.15, -0.1) is 0 Å². The lowest BCUT2D eigenvalue weighted by molar-refractivity contribution is -0.127. The van der Waals surface area contributed by atoms with Gasteiger partial charge in [-0.25, -0.2) is 8.78 Å². The second-order valence-corrected chi connectivity index (χ2v) is 7.58. The molecule has 3 rings (SSSR count). The van der Waals surface area contributed by atoms with Gasteiger partial charge >= 0.3 is 0 Å². The van der Waals surface area contributed by atoms with Crippen LogP contribution in [0, 0.1) is 11.6 Å². The summed E-state index contributed by atoms with van der Waals surface area (Å²) in [5.74, 6) is -3.70. The van der Waals surface area contributed by atoms with Gasteiger partial charge in [0, 0.05) is 6.07 Å². The van der Waals surface area contributed by atoms with Crippen LogP contribution in [0.1, 0.15) is 5.56 Å². The maximum absolute atomic E-state index is 13.6. The summed E-state index contributed by atoms with van der Waals surface area (Å²) >= 11 is 12.2. The third kappa shape index (κ3) is 4.69. The molecule has 6 nitrogen and oxygen atoms in total. The summed E-state index contributed by atoms with van der Waals surface area (Å²) in [5, 5.41) is 11.0. The van der Waals surface area contributed by atoms with Crippen LogP contribution in [0.25, 0.3) is 6.08 Å². The van der Waals surface area contributed by atoms with Gasteiger partial charge in [0.15, 0.2) is 5.75 Å². The van der Waals surface area contributed by atoms with Crippen molar-refractivity contribution < 1.29 is 28.3 Å². The maximum Gasteiger partial charge on any atom is 0.294 e. The van der Waals surface area contributed by atoms with Crippen LogP contribution in [-0.2, 0) is 9.59 Å². The average molecular weight is 459 g/mol. The maximum atomic E-state index is 13.6. The van der Waals surface area contributed by atoms with E-state index in [1.54, 1.807) is 0 Å². The fraction of sp³-hybridized carbons (Fsp3) is 0.0556. The molecule has 2 aromatic carbocycles. The summed E-state index contributed by atoms with van der Waals surface area (Å²) in [6.07, 6.45) is 1.33. The minimum atomic E-state index is -0.992. The molecule has 1 saturated heterocycles. The zero-order valence-corrected chi connectivity index (χ0v) is 16.5. The third-order valence-electron chi connectivity index (χ3n) is 3.72. The number of imide groups is 1. The van der Waals surface area contributed by atoms with Crippen molar-refractivity contribution in [1.29, 1.82) is 0 Å². The first kappa shape index (κ1) is 21.1. The molecule has 0 bridgehead atoms. The molecule has 2 N–H and O–H groups in total. The first-order chi connectivity index (χ1) is 13.7. The Morgan fingerprint density at radius 2 is 1.83 bits per heavy atom. The van der Waals surface area contributed by atoms with Gasteiger partial charge in [0.2, 0.25) is 5.91 Å². The second-order valence-electron chi connectivity index (χ2n) is 5.77. The van der Waals surface area contributed by atoms with Crippen molar-refractivity contribution in [3.63, 3.8) is 0 Å². The van der Waals surface area contributed by atoms with Crippen LogP contribution in [0.4, 0.5) is 19.3 Å². The summed E-state index contributed by atoms with van der Waals surface area (Å²) in [6, 6.07) is 5.26. The summed E-state index contributed by atoms with van der Waals surface area (Å²) in [4.78, 5) is 37.3. The molecule has 1 aliphatic heterocycles. The quantitative estimate of drug-likeness (QED) is 0.651. The fourth-order valence-corrected chi connectivity index (χ4v) is 3.72. The highest BCUT2D eigenvalue weighted by Crippen LogP contribution is 2.36. The van der Waals surface area contributed by atoms with Crippen LogP contribution < -0.4 is 5.32 Å². The Balaban J connectivity index is 1.74. The molecule has 1 aliphatic rings. The number of benzene rings is 2. The predicted molar refractivity (Wildman–Crippen MR) is 106 cm³/mol. The number of rotatable bonds is 4. The number of anilines is 1. The van der Waals surface area contributed by atoms with Crippen molar-refractivity contribution >= 4 is 63.8 Å². The van der Waals surface area contributed by atoms with Crippen molar-refractivity contribution in [2.24, 2.45) is 0 Å². The number of carbonyl (C=O) groups excluding carboxylic acids is 3. The lowest BCUT2D eigenvalue weighted by Gasteiger charge is -2.12. The number of phenols is 1. The number of hydrogen-bond donors (Lipinski definition) is 2. The number of thioether (sulfide) groups is 1. The number of carbonyl (C=O) groups is 3. The average Bonchev–Trinajstić information content (AvgIpc) is 2.89. The minimum Gasteiger partial charge on any atom is -0.505 e. The van der Waals surface area contributed by atoms with E-state index in [-0.39, 0.29) is 26.4 Å². The number of phenolic OH excluding ortho intramolecular Hbond substituents is 1. The summed E-state index contributed by atoms with van der Waals surface area (Å²) < 4.78 is 26.5. The van der Waals surface area contributed by atoms with E-state index in [1.807, 2.05) is 0 Å². The highest BCUT2D eigenvalue weighted by atomic mass is 35.5. The fourth-order valence-electron chi connectivity index (χ4n) is 2.38. The van der Waals surface area contributed by atoms with Gasteiger partial charge in [0.25, 0.3) is 11.1 Å². The van der Waals surface area contributed by atoms with Crippen molar-refractivity contribution in [3.05, 3.63) is 62.5 Å². The number of nitrogens with zero attached hydrogens (tertiary/aromatic N) is 1. The molecule has 11 heteroatoms. The molecule has 0 aliphatic carbocycles. The Labute approximate surface area is 177 Å². The highest BCUT2D eigenvalue weighted by molar-refractivity contribution is 8.18. The molecule has 29 heavy (non-hydrogen) atoms. The SMILES string of the molecule is O=C(CN1C(=O)SC(=Cc2cc(Cl)c(O)c(Cl)c2)C1=O)Nc1ccc(F)cc1F. The zero-order chi connectivity index (χ0) is 21.3. The molecule has 0 atom stereocenters. The zero-order valence-electron chi connectivity index (χ0n) is 14.2. The Bertz CT molecular complexity index is 1050. The standard InChI is InChI=1S/C18H10Cl2F2N2O4S/c19-10-3-8(4-11(20)16(10)26)5-14-17(27)24(18(28)29-14)7-15(25)23-13-2-1-9(21)6-12(13)22/h1-6,26H,7H2,(H,23,25). The molecule has 0 spiro atoms. The van der Waals surface area contributed by atoms with Crippen LogP contribution in [-0.4, -0.2) is 33.6 Å². The minimum absolute atomic E-state index is 0.00795. The molecule has 1 heterocycles. The van der Waals surface area contributed by atoms with Gasteiger partial charge < -0.3 is 10.4 Å². The molecule has 0 unspecified atom stereocenters. The van der Waals surface area contributed by atoms with E-state index in [0.29, 0.717) is 28.3 Å². The summed E-state index contributed by atoms with van der Waals surface area (Å²) in [6.45, 7) is -0.657. The number of nitrogens with one attached hydrogen (secondary N) is 1. The Morgan fingerprint density at radius 1 is 1.17 bits per heavy atom. The number of amides is 3. The lowest BCUT2D eigenvalue weighted by Crippen LogP contribution is -2.36. The van der Waals surface area contributed by atoms with Crippen molar-refractivity contribution in [2.45, 2.75) is 0 Å². The van der Waals surface area contributed by atoms with Crippen LogP contribution in [0.15, 0.2) is 35.2 Å². The smallest absolute Gasteiger partial charge is 0.294 e. The van der Waals surface area contributed by atoms with Crippen molar-refractivity contribution in [1.82, 2.24) is 4.90 Å². The van der Waals surface area contributed by atoms with Gasteiger partial charge in [-0.2, -0.15) is 0 Å². The van der Waals surface area contributed by atoms with Crippen LogP contribution in [0.2, 0.25) is 10.0 Å². The molecular weight excluding hydrogens is 449 g/mol. The molecule has 150 valence electrons. The van der Waals surface area contributed by atoms with Crippen molar-refractivity contribution in [3.8, 4) is 5.75 Å². The van der Waals surface area contributed by atoms with Gasteiger partial charge in [-0.05, 0) is 47.7 Å². The molecule has 0 saturated carbocycles. The first-order valence-corrected chi connectivity index (χ1v) is 9.41. The second kappa shape index (κ2) is 8.40. The van der Waals surface area contributed by atoms with E-state index in [4.69, 9.17) is 23.2 Å². The largest absolute Gasteiger partial charge is 0.505 e. The molecule has 0 aromatic heterocycles. The van der Waals surface area contributed by atoms with Crippen LogP contribution in [0.5, 0.6) is 5.75 Å². The van der Waals surface area contributed by atoms with E-state index in [0.717, 1.165) is 12.1 Å². The Hall–Kier alpha value is -2.62. The Kier molecular flexibility index (Phi) is 6.11. The van der Waals surface area contributed by atoms with E-state index in [2.05, 4.69) is 5.32 Å². The summed E-state index contributed by atoms with van der Waals surface area (Å²) in [5.41, 5.74) is 0.0772. The van der Waals surface area contributed by atoms with Crippen LogP contribution in [0.3, 0.4) is 0 Å². The molecule has 2 aromatic rings. The van der Waals surface area contributed by atoms with Crippen LogP contribution >= 0.6 is 35.0 Å². The van der Waals surface area contributed by atoms with Gasteiger partial charge in [0.1, 0.15) is 18.2 Å². The normalized spacial score (nSPS) is 15.3. The van der Waals surface area contributed by atoms with E-state index in [1.165, 1.54) is 18.2 Å². The first-order valence-electron chi connectivity index (χ1n) is 7.84. The molecule has 1 fully saturated rings. The van der Waals surface area contributed by atoms with E-state index in [9.17, 15) is 28.3 Å². The lowest BCUT2D eigenvalue weighted by atomic mass is 10.2. The van der Waals surface area contributed by atoms with E-state index < -0.39 is 35.2 Å². The van der Waals surface area contributed by atoms with Gasteiger partial charge in [-0.1, -0.05) is 23.2 Å². The van der Waals surface area contributed by atoms with E-state index >= 15 is 0 Å². The molecule has 3 amide bonds. The molecular formula is C18H10Cl2F2N2O4S. The Morgan fingerprint density at radius 3 is 2.45 bits per heavy atom. The predicted octanol–water partition coefficient (Wildman–Crippen LogP) is 4.65. The molecule has 0 radical (unpaired) electrons. The third-order valence-corrected chi connectivity index (χ3v) is 5.20. The number of halogens is 4. The van der Waals surface area contributed by atoms with Gasteiger partial charge in [0.05, 0.1) is 20.6 Å². The topological polar surface area (TPSA) is 86.7 Å². The number of hydrogen-bond acceptors (Lipinski definition) is 5. The monoisotopic (exact) mass is 458 g/mol.